The van der Waals surface area contributed by atoms with Gasteiger partial charge in [0.25, 0.3) is 0 Å². The summed E-state index contributed by atoms with van der Waals surface area (Å²) in [5.74, 6) is 0.255. The molecule has 1 aromatic rings. The van der Waals surface area contributed by atoms with Gasteiger partial charge in [-0.1, -0.05) is 0 Å². The van der Waals surface area contributed by atoms with E-state index in [-0.39, 0.29) is 5.82 Å². The molecule has 0 saturated carbocycles. The Morgan fingerprint density at radius 3 is 1.91 bits per heavy atom. The zero-order valence-electron chi connectivity index (χ0n) is 6.84. The van der Waals surface area contributed by atoms with Crippen molar-refractivity contribution in [1.82, 2.24) is 9.97 Å². The van der Waals surface area contributed by atoms with Crippen molar-refractivity contribution >= 4 is 0 Å². The topological polar surface area (TPSA) is 49.6 Å². The largest absolute Gasteiger partial charge is 0.232 e. The Bertz CT molecular complexity index is 300. The highest BCUT2D eigenvalue weighted by atomic mass is 14.9. The van der Waals surface area contributed by atoms with E-state index >= 15 is 0 Å². The minimum Gasteiger partial charge on any atom is -0.224 e. The van der Waals surface area contributed by atoms with Gasteiger partial charge in [0.05, 0.1) is 0 Å². The van der Waals surface area contributed by atoms with E-state index in [0.29, 0.717) is 0 Å². The summed E-state index contributed by atoms with van der Waals surface area (Å²) in [6, 6.07) is 1.91. The molecule has 0 spiro atoms. The third kappa shape index (κ3) is 1.35. The third-order valence-corrected chi connectivity index (χ3v) is 1.73. The van der Waals surface area contributed by atoms with Crippen LogP contribution in [0.25, 0.3) is 0 Å². The zero-order valence-corrected chi connectivity index (χ0v) is 6.84. The molecule has 0 aliphatic heterocycles. The molecule has 0 aliphatic rings. The van der Waals surface area contributed by atoms with E-state index < -0.39 is 0 Å². The maximum atomic E-state index is 8.50. The first kappa shape index (κ1) is 7.67. The van der Waals surface area contributed by atoms with E-state index in [0.717, 1.165) is 17.0 Å². The van der Waals surface area contributed by atoms with Crippen LogP contribution in [-0.2, 0) is 0 Å². The van der Waals surface area contributed by atoms with Crippen LogP contribution < -0.4 is 0 Å². The molecule has 0 bridgehead atoms. The lowest BCUT2D eigenvalue weighted by Crippen LogP contribution is -1.98. The van der Waals surface area contributed by atoms with Crippen LogP contribution in [0.4, 0.5) is 0 Å². The summed E-state index contributed by atoms with van der Waals surface area (Å²) in [5.41, 5.74) is 2.83. The summed E-state index contributed by atoms with van der Waals surface area (Å²) in [5, 5.41) is 8.50. The molecule has 3 nitrogen and oxygen atoms in total. The number of aryl methyl sites for hydroxylation is 2. The number of hydrogen-bond acceptors (Lipinski definition) is 3. The van der Waals surface area contributed by atoms with Crippen LogP contribution in [0.2, 0.25) is 0 Å². The Morgan fingerprint density at radius 1 is 1.09 bits per heavy atom. The second-order valence-corrected chi connectivity index (χ2v) is 2.45. The Balaban J connectivity index is 3.35. The van der Waals surface area contributed by atoms with E-state index in [2.05, 4.69) is 9.97 Å². The molecular weight excluding hydrogens is 138 g/mol. The molecule has 1 aromatic heterocycles. The lowest BCUT2D eigenvalue weighted by atomic mass is 10.2. The highest BCUT2D eigenvalue weighted by Crippen LogP contribution is 2.06. The first-order valence-electron chi connectivity index (χ1n) is 3.37. The molecular formula is C8H9N3. The first-order chi connectivity index (χ1) is 5.15. The van der Waals surface area contributed by atoms with Crippen molar-refractivity contribution in [3.63, 3.8) is 0 Å². The second kappa shape index (κ2) is 2.67. The lowest BCUT2D eigenvalue weighted by Gasteiger charge is -2.01. The molecule has 0 saturated heterocycles. The van der Waals surface area contributed by atoms with Gasteiger partial charge in [-0.3, -0.25) is 0 Å². The summed E-state index contributed by atoms with van der Waals surface area (Å²) in [7, 11) is 0. The maximum Gasteiger partial charge on any atom is 0.232 e. The van der Waals surface area contributed by atoms with Crippen molar-refractivity contribution in [3.05, 3.63) is 22.8 Å². The van der Waals surface area contributed by atoms with Gasteiger partial charge >= 0.3 is 0 Å². The van der Waals surface area contributed by atoms with Crippen molar-refractivity contribution in [2.45, 2.75) is 20.8 Å². The van der Waals surface area contributed by atoms with E-state index in [1.54, 1.807) is 0 Å². The van der Waals surface area contributed by atoms with Crippen molar-refractivity contribution in [1.29, 1.82) is 5.26 Å². The maximum absolute atomic E-state index is 8.50. The van der Waals surface area contributed by atoms with Gasteiger partial charge in [0.2, 0.25) is 5.82 Å². The van der Waals surface area contributed by atoms with Gasteiger partial charge in [-0.25, -0.2) is 9.97 Å². The molecule has 0 atom stereocenters. The standard InChI is InChI=1S/C8H9N3/c1-5-6(2)10-8(4-9)11-7(5)3/h1-3H3. The highest BCUT2D eigenvalue weighted by Gasteiger charge is 2.01. The summed E-state index contributed by atoms with van der Waals surface area (Å²) in [6.45, 7) is 5.71. The number of aromatic nitrogens is 2. The van der Waals surface area contributed by atoms with Crippen molar-refractivity contribution < 1.29 is 0 Å². The van der Waals surface area contributed by atoms with E-state index in [9.17, 15) is 0 Å². The minimum absolute atomic E-state index is 0.255. The molecule has 0 amide bonds. The smallest absolute Gasteiger partial charge is 0.224 e. The lowest BCUT2D eigenvalue weighted by molar-refractivity contribution is 0.984. The average Bonchev–Trinajstić information content (AvgIpc) is 1.99. The van der Waals surface area contributed by atoms with Crippen molar-refractivity contribution in [3.8, 4) is 6.07 Å². The fourth-order valence-electron chi connectivity index (χ4n) is 0.822. The van der Waals surface area contributed by atoms with Gasteiger partial charge in [0.1, 0.15) is 6.07 Å². The summed E-state index contributed by atoms with van der Waals surface area (Å²) in [6.07, 6.45) is 0. The molecule has 3 heteroatoms. The molecule has 1 rings (SSSR count). The summed E-state index contributed by atoms with van der Waals surface area (Å²) >= 11 is 0. The zero-order chi connectivity index (χ0) is 8.43. The molecule has 0 radical (unpaired) electrons. The van der Waals surface area contributed by atoms with E-state index in [4.69, 9.17) is 5.26 Å². The number of rotatable bonds is 0. The first-order valence-corrected chi connectivity index (χ1v) is 3.37. The minimum atomic E-state index is 0.255. The molecule has 0 N–H and O–H groups in total. The van der Waals surface area contributed by atoms with Crippen molar-refractivity contribution in [2.75, 3.05) is 0 Å². The van der Waals surface area contributed by atoms with Gasteiger partial charge in [-0.15, -0.1) is 0 Å². The van der Waals surface area contributed by atoms with E-state index in [1.165, 1.54) is 0 Å². The second-order valence-electron chi connectivity index (χ2n) is 2.45. The Morgan fingerprint density at radius 2 is 1.55 bits per heavy atom. The van der Waals surface area contributed by atoms with E-state index in [1.807, 2.05) is 26.8 Å². The van der Waals surface area contributed by atoms with Gasteiger partial charge in [0, 0.05) is 11.4 Å². The third-order valence-electron chi connectivity index (χ3n) is 1.73. The van der Waals surface area contributed by atoms with Gasteiger partial charge in [-0.2, -0.15) is 5.26 Å². The quantitative estimate of drug-likeness (QED) is 0.555. The fourth-order valence-corrected chi connectivity index (χ4v) is 0.822. The van der Waals surface area contributed by atoms with Crippen LogP contribution in [0.5, 0.6) is 0 Å². The van der Waals surface area contributed by atoms with Crippen LogP contribution in [0.15, 0.2) is 0 Å². The monoisotopic (exact) mass is 147 g/mol. The fraction of sp³-hybridized carbons (Fsp3) is 0.375. The predicted molar refractivity (Wildman–Crippen MR) is 41.0 cm³/mol. The predicted octanol–water partition coefficient (Wildman–Crippen LogP) is 1.27. The summed E-state index contributed by atoms with van der Waals surface area (Å²) < 4.78 is 0. The van der Waals surface area contributed by atoms with Crippen LogP contribution in [0, 0.1) is 32.1 Å². The average molecular weight is 147 g/mol. The number of nitriles is 1. The normalized spacial score (nSPS) is 9.27. The SMILES string of the molecule is Cc1nc(C#N)nc(C)c1C. The molecule has 11 heavy (non-hydrogen) atoms. The van der Waals surface area contributed by atoms with Crippen LogP contribution in [-0.4, -0.2) is 9.97 Å². The summed E-state index contributed by atoms with van der Waals surface area (Å²) in [4.78, 5) is 7.96. The number of nitrogens with zero attached hydrogens (tertiary/aromatic N) is 3. The van der Waals surface area contributed by atoms with Gasteiger partial charge in [-0.05, 0) is 26.3 Å². The Labute approximate surface area is 65.7 Å². The molecule has 0 aliphatic carbocycles. The molecule has 1 heterocycles. The molecule has 0 fully saturated rings. The van der Waals surface area contributed by atoms with Crippen LogP contribution in [0.3, 0.4) is 0 Å². The number of hydrogen-bond donors (Lipinski definition) is 0. The van der Waals surface area contributed by atoms with Gasteiger partial charge < -0.3 is 0 Å². The molecule has 0 unspecified atom stereocenters. The molecule has 0 aromatic carbocycles. The van der Waals surface area contributed by atoms with Crippen molar-refractivity contribution in [2.24, 2.45) is 0 Å². The molecule has 56 valence electrons. The van der Waals surface area contributed by atoms with Gasteiger partial charge in [0.15, 0.2) is 0 Å². The Kier molecular flexibility index (Phi) is 1.86. The Hall–Kier alpha value is -1.43. The highest BCUT2D eigenvalue weighted by molar-refractivity contribution is 5.25. The van der Waals surface area contributed by atoms with Crippen LogP contribution in [0.1, 0.15) is 22.8 Å². The van der Waals surface area contributed by atoms with Crippen LogP contribution >= 0.6 is 0 Å².